The number of aromatic nitrogens is 1. The minimum absolute atomic E-state index is 0.855. The van der Waals surface area contributed by atoms with E-state index in [-0.39, 0.29) is 0 Å². The molecule has 0 saturated heterocycles. The largest absolute Gasteiger partial charge is 0.308 e. The number of rotatable bonds is 4. The molecule has 0 amide bonds. The second kappa shape index (κ2) is 5.82. The number of pyridine rings is 1. The summed E-state index contributed by atoms with van der Waals surface area (Å²) in [4.78, 5) is 5.71. The first-order valence-electron chi connectivity index (χ1n) is 6.10. The molecule has 0 spiro atoms. The van der Waals surface area contributed by atoms with Gasteiger partial charge in [0.05, 0.1) is 5.52 Å². The van der Waals surface area contributed by atoms with Crippen LogP contribution in [0.1, 0.15) is 10.4 Å². The van der Waals surface area contributed by atoms with Gasteiger partial charge in [-0.15, -0.1) is 11.3 Å². The van der Waals surface area contributed by atoms with Crippen LogP contribution in [0.25, 0.3) is 10.9 Å². The van der Waals surface area contributed by atoms with Gasteiger partial charge in [0.2, 0.25) is 0 Å². The molecule has 0 aliphatic heterocycles. The van der Waals surface area contributed by atoms with Crippen molar-refractivity contribution < 1.29 is 0 Å². The number of thiophene rings is 1. The third-order valence-corrected chi connectivity index (χ3v) is 4.96. The highest BCUT2D eigenvalue weighted by atomic mass is 79.9. The number of hydrogen-bond donors (Lipinski definition) is 1. The van der Waals surface area contributed by atoms with Gasteiger partial charge in [-0.3, -0.25) is 4.98 Å². The fourth-order valence-corrected chi connectivity index (χ4v) is 3.53. The maximum absolute atomic E-state index is 4.38. The molecule has 0 radical (unpaired) electrons. The van der Waals surface area contributed by atoms with Crippen LogP contribution < -0.4 is 5.32 Å². The molecule has 0 unspecified atom stereocenters. The van der Waals surface area contributed by atoms with E-state index in [0.29, 0.717) is 0 Å². The van der Waals surface area contributed by atoms with Crippen LogP contribution in [0.2, 0.25) is 0 Å². The van der Waals surface area contributed by atoms with E-state index in [2.05, 4.69) is 61.9 Å². The Labute approximate surface area is 124 Å². The van der Waals surface area contributed by atoms with E-state index in [1.807, 2.05) is 12.3 Å². The smallest absolute Gasteiger partial charge is 0.0705 e. The Balaban J connectivity index is 1.74. The Morgan fingerprint density at radius 2 is 2.00 bits per heavy atom. The van der Waals surface area contributed by atoms with Gasteiger partial charge in [-0.05, 0) is 45.1 Å². The summed E-state index contributed by atoms with van der Waals surface area (Å²) in [6.45, 7) is 1.74. The van der Waals surface area contributed by atoms with Gasteiger partial charge in [0.1, 0.15) is 0 Å². The molecule has 3 rings (SSSR count). The molecule has 0 saturated carbocycles. The number of fused-ring (bicyclic) bond motifs is 1. The topological polar surface area (TPSA) is 24.9 Å². The average Bonchev–Trinajstić information content (AvgIpc) is 2.85. The number of para-hydroxylation sites is 1. The minimum atomic E-state index is 0.855. The zero-order chi connectivity index (χ0) is 13.1. The van der Waals surface area contributed by atoms with Crippen molar-refractivity contribution >= 4 is 38.2 Å². The molecule has 2 nitrogen and oxygen atoms in total. The van der Waals surface area contributed by atoms with Crippen molar-refractivity contribution in [2.45, 2.75) is 13.1 Å². The second-order valence-corrected chi connectivity index (χ2v) is 6.14. The lowest BCUT2D eigenvalue weighted by atomic mass is 10.1. The van der Waals surface area contributed by atoms with E-state index in [0.717, 1.165) is 18.6 Å². The Bertz CT molecular complexity index is 688. The van der Waals surface area contributed by atoms with Crippen LogP contribution >= 0.6 is 27.3 Å². The molecule has 0 atom stereocenters. The normalized spacial score (nSPS) is 11.0. The Morgan fingerprint density at radius 3 is 2.84 bits per heavy atom. The molecule has 3 aromatic rings. The summed E-state index contributed by atoms with van der Waals surface area (Å²) >= 11 is 5.32. The fraction of sp³-hybridized carbons (Fsp3) is 0.133. The molecule has 4 heteroatoms. The van der Waals surface area contributed by atoms with Crippen molar-refractivity contribution in [1.82, 2.24) is 10.3 Å². The summed E-state index contributed by atoms with van der Waals surface area (Å²) in [7, 11) is 0. The molecule has 96 valence electrons. The van der Waals surface area contributed by atoms with Crippen molar-refractivity contribution in [3.8, 4) is 0 Å². The molecular weight excluding hydrogens is 320 g/mol. The van der Waals surface area contributed by atoms with Crippen molar-refractivity contribution in [2.75, 3.05) is 0 Å². The van der Waals surface area contributed by atoms with Crippen molar-refractivity contribution in [3.63, 3.8) is 0 Å². The molecule has 19 heavy (non-hydrogen) atoms. The van der Waals surface area contributed by atoms with Crippen LogP contribution in [0.15, 0.2) is 52.4 Å². The highest BCUT2D eigenvalue weighted by Crippen LogP contribution is 2.22. The lowest BCUT2D eigenvalue weighted by Gasteiger charge is -2.07. The predicted octanol–water partition coefficient (Wildman–Crippen LogP) is 4.35. The molecule has 0 fully saturated rings. The van der Waals surface area contributed by atoms with Crippen LogP contribution in [0, 0.1) is 0 Å². The van der Waals surface area contributed by atoms with Crippen LogP contribution in [0.3, 0.4) is 0 Å². The van der Waals surface area contributed by atoms with E-state index < -0.39 is 0 Å². The number of hydrogen-bond acceptors (Lipinski definition) is 3. The first-order valence-corrected chi connectivity index (χ1v) is 7.77. The third kappa shape index (κ3) is 2.86. The zero-order valence-electron chi connectivity index (χ0n) is 10.3. The predicted molar refractivity (Wildman–Crippen MR) is 84.3 cm³/mol. The minimum Gasteiger partial charge on any atom is -0.308 e. The zero-order valence-corrected chi connectivity index (χ0v) is 12.7. The van der Waals surface area contributed by atoms with Crippen LogP contribution in [0.5, 0.6) is 0 Å². The Kier molecular flexibility index (Phi) is 3.92. The van der Waals surface area contributed by atoms with Crippen molar-refractivity contribution in [3.05, 3.63) is 62.9 Å². The molecular formula is C15H13BrN2S. The van der Waals surface area contributed by atoms with E-state index in [1.54, 1.807) is 11.3 Å². The van der Waals surface area contributed by atoms with Gasteiger partial charge < -0.3 is 5.32 Å². The van der Waals surface area contributed by atoms with Crippen molar-refractivity contribution in [1.29, 1.82) is 0 Å². The first kappa shape index (κ1) is 12.8. The van der Waals surface area contributed by atoms with Crippen LogP contribution in [-0.2, 0) is 13.1 Å². The monoisotopic (exact) mass is 332 g/mol. The average molecular weight is 333 g/mol. The summed E-state index contributed by atoms with van der Waals surface area (Å²) in [6.07, 6.45) is 1.88. The number of nitrogens with one attached hydrogen (secondary N) is 1. The highest BCUT2D eigenvalue weighted by Gasteiger charge is 2.03. The molecule has 1 aromatic carbocycles. The summed E-state index contributed by atoms with van der Waals surface area (Å²) in [5.41, 5.74) is 2.34. The standard InChI is InChI=1S/C15H13BrN2S/c16-13-6-8-19-15(13)10-17-9-11-5-7-18-14-4-2-1-3-12(11)14/h1-8,17H,9-10H2. The van der Waals surface area contributed by atoms with Gasteiger partial charge >= 0.3 is 0 Å². The Morgan fingerprint density at radius 1 is 1.11 bits per heavy atom. The molecule has 0 bridgehead atoms. The van der Waals surface area contributed by atoms with Gasteiger partial charge in [-0.1, -0.05) is 18.2 Å². The summed E-state index contributed by atoms with van der Waals surface area (Å²) in [5.74, 6) is 0. The van der Waals surface area contributed by atoms with E-state index in [1.165, 1.54) is 20.3 Å². The quantitative estimate of drug-likeness (QED) is 0.768. The Hall–Kier alpha value is -1.23. The van der Waals surface area contributed by atoms with E-state index >= 15 is 0 Å². The summed E-state index contributed by atoms with van der Waals surface area (Å²) < 4.78 is 1.18. The van der Waals surface area contributed by atoms with Crippen LogP contribution in [-0.4, -0.2) is 4.98 Å². The first-order chi connectivity index (χ1) is 9.34. The van der Waals surface area contributed by atoms with Gasteiger partial charge in [-0.25, -0.2) is 0 Å². The molecule has 1 N–H and O–H groups in total. The molecule has 2 heterocycles. The number of nitrogens with zero attached hydrogens (tertiary/aromatic N) is 1. The fourth-order valence-electron chi connectivity index (χ4n) is 2.07. The van der Waals surface area contributed by atoms with Gasteiger partial charge in [0.15, 0.2) is 0 Å². The SMILES string of the molecule is Brc1ccsc1CNCc1ccnc2ccccc12. The maximum atomic E-state index is 4.38. The summed E-state index contributed by atoms with van der Waals surface area (Å²) in [6, 6.07) is 12.4. The van der Waals surface area contributed by atoms with Crippen molar-refractivity contribution in [2.24, 2.45) is 0 Å². The third-order valence-electron chi connectivity index (χ3n) is 3.03. The van der Waals surface area contributed by atoms with E-state index in [4.69, 9.17) is 0 Å². The maximum Gasteiger partial charge on any atom is 0.0705 e. The van der Waals surface area contributed by atoms with Gasteiger partial charge in [0, 0.05) is 34.0 Å². The summed E-state index contributed by atoms with van der Waals surface area (Å²) in [5, 5.41) is 6.81. The molecule has 0 aliphatic rings. The van der Waals surface area contributed by atoms with Crippen LogP contribution in [0.4, 0.5) is 0 Å². The molecule has 2 aromatic heterocycles. The number of benzene rings is 1. The molecule has 0 aliphatic carbocycles. The highest BCUT2D eigenvalue weighted by molar-refractivity contribution is 9.10. The van der Waals surface area contributed by atoms with Gasteiger partial charge in [0.25, 0.3) is 0 Å². The lowest BCUT2D eigenvalue weighted by Crippen LogP contribution is -2.12. The lowest BCUT2D eigenvalue weighted by molar-refractivity contribution is 0.702. The van der Waals surface area contributed by atoms with Gasteiger partial charge in [-0.2, -0.15) is 0 Å². The second-order valence-electron chi connectivity index (χ2n) is 4.28. The van der Waals surface area contributed by atoms with E-state index in [9.17, 15) is 0 Å². The number of halogens is 1.